The van der Waals surface area contributed by atoms with E-state index in [4.69, 9.17) is 11.6 Å². The fourth-order valence-corrected chi connectivity index (χ4v) is 4.99. The molecular weight excluding hydrogens is 362 g/mol. The Bertz CT molecular complexity index is 837. The van der Waals surface area contributed by atoms with Gasteiger partial charge in [0.25, 0.3) is 0 Å². The van der Waals surface area contributed by atoms with Gasteiger partial charge < -0.3 is 5.32 Å². The van der Waals surface area contributed by atoms with Crippen LogP contribution in [0.4, 0.5) is 5.00 Å². The Labute approximate surface area is 165 Å². The van der Waals surface area contributed by atoms with Gasteiger partial charge in [-0.15, -0.1) is 11.3 Å². The van der Waals surface area contributed by atoms with Crippen LogP contribution in [0.5, 0.6) is 0 Å². The maximum atomic E-state index is 9.58. The number of hydrogen-bond acceptors (Lipinski definition) is 4. The highest BCUT2D eigenvalue weighted by Gasteiger charge is 2.29. The number of fused-ring (bicyclic) bond motifs is 1. The number of rotatable bonds is 5. The third-order valence-electron chi connectivity index (χ3n) is 5.52. The zero-order valence-corrected chi connectivity index (χ0v) is 17.5. The van der Waals surface area contributed by atoms with E-state index in [-0.39, 0.29) is 0 Å². The van der Waals surface area contributed by atoms with Crippen molar-refractivity contribution < 1.29 is 0 Å². The van der Waals surface area contributed by atoms with Gasteiger partial charge in [0, 0.05) is 41.6 Å². The van der Waals surface area contributed by atoms with Crippen LogP contribution in [0.2, 0.25) is 5.02 Å². The Balaban J connectivity index is 1.88. The Hall–Kier alpha value is -1.54. The number of benzene rings is 1. The average molecular weight is 388 g/mol. The van der Waals surface area contributed by atoms with Gasteiger partial charge in [0.05, 0.1) is 5.56 Å². The fourth-order valence-electron chi connectivity index (χ4n) is 3.58. The second kappa shape index (κ2) is 8.00. The van der Waals surface area contributed by atoms with E-state index in [0.29, 0.717) is 12.0 Å². The molecular formula is C21H26ClN3S. The predicted octanol–water partition coefficient (Wildman–Crippen LogP) is 5.78. The zero-order chi connectivity index (χ0) is 18.8. The molecule has 1 aliphatic rings. The highest BCUT2D eigenvalue weighted by atomic mass is 35.5. The molecule has 2 aromatic rings. The zero-order valence-electron chi connectivity index (χ0n) is 15.9. The largest absolute Gasteiger partial charge is 0.379 e. The smallest absolute Gasteiger partial charge is 0.107 e. The first kappa shape index (κ1) is 19.2. The van der Waals surface area contributed by atoms with Crippen molar-refractivity contribution in [2.75, 3.05) is 12.4 Å². The van der Waals surface area contributed by atoms with Gasteiger partial charge in [0.15, 0.2) is 0 Å². The number of thiophene rings is 1. The summed E-state index contributed by atoms with van der Waals surface area (Å²) in [5, 5.41) is 14.6. The summed E-state index contributed by atoms with van der Waals surface area (Å²) in [4.78, 5) is 3.78. The van der Waals surface area contributed by atoms with E-state index in [9.17, 15) is 5.26 Å². The molecule has 1 aromatic carbocycles. The number of nitrogens with one attached hydrogen (secondary N) is 1. The van der Waals surface area contributed by atoms with E-state index in [1.165, 1.54) is 21.6 Å². The number of anilines is 1. The van der Waals surface area contributed by atoms with Crippen molar-refractivity contribution >= 4 is 27.9 Å². The first-order chi connectivity index (χ1) is 12.5. The molecule has 2 atom stereocenters. The lowest BCUT2D eigenvalue weighted by molar-refractivity contribution is 0.177. The molecule has 138 valence electrons. The van der Waals surface area contributed by atoms with Crippen LogP contribution in [0.1, 0.15) is 60.2 Å². The fraction of sp³-hybridized carbons (Fsp3) is 0.476. The second-order valence-electron chi connectivity index (χ2n) is 7.19. The Morgan fingerprint density at radius 1 is 1.46 bits per heavy atom. The van der Waals surface area contributed by atoms with Gasteiger partial charge in [-0.05, 0) is 42.9 Å². The number of hydrogen-bond donors (Lipinski definition) is 1. The van der Waals surface area contributed by atoms with Gasteiger partial charge in [-0.2, -0.15) is 5.26 Å². The monoisotopic (exact) mass is 387 g/mol. The van der Waals surface area contributed by atoms with Gasteiger partial charge in [-0.1, -0.05) is 37.6 Å². The maximum absolute atomic E-state index is 9.58. The number of nitriles is 1. The predicted molar refractivity (Wildman–Crippen MR) is 111 cm³/mol. The quantitative estimate of drug-likeness (QED) is 0.707. The van der Waals surface area contributed by atoms with E-state index in [1.54, 1.807) is 11.3 Å². The number of nitrogens with zero attached hydrogens (tertiary/aromatic N) is 2. The van der Waals surface area contributed by atoms with E-state index in [0.717, 1.165) is 41.5 Å². The van der Waals surface area contributed by atoms with Gasteiger partial charge in [-0.3, -0.25) is 4.90 Å². The second-order valence-corrected chi connectivity index (χ2v) is 8.70. The van der Waals surface area contributed by atoms with Crippen molar-refractivity contribution in [3.8, 4) is 6.07 Å². The Morgan fingerprint density at radius 2 is 2.23 bits per heavy atom. The SMILES string of the molecule is CCC(C)c1ccc(Cl)c(CN2Cc3c(sc(NC)c3C#N)CC2C)c1. The minimum Gasteiger partial charge on any atom is -0.379 e. The normalized spacial score (nSPS) is 18.2. The highest BCUT2D eigenvalue weighted by molar-refractivity contribution is 7.16. The third kappa shape index (κ3) is 3.62. The molecule has 0 amide bonds. The van der Waals surface area contributed by atoms with Crippen LogP contribution >= 0.6 is 22.9 Å². The lowest BCUT2D eigenvalue weighted by Crippen LogP contribution is -2.37. The van der Waals surface area contributed by atoms with Crippen LogP contribution in [-0.4, -0.2) is 18.0 Å². The summed E-state index contributed by atoms with van der Waals surface area (Å²) >= 11 is 8.23. The molecule has 0 radical (unpaired) electrons. The molecule has 2 unspecified atom stereocenters. The topological polar surface area (TPSA) is 39.1 Å². The number of halogens is 1. The molecule has 3 nitrogen and oxygen atoms in total. The van der Waals surface area contributed by atoms with Crippen LogP contribution in [0, 0.1) is 11.3 Å². The highest BCUT2D eigenvalue weighted by Crippen LogP contribution is 2.38. The summed E-state index contributed by atoms with van der Waals surface area (Å²) in [6, 6.07) is 9.26. The molecule has 1 N–H and O–H groups in total. The molecule has 3 rings (SSSR count). The van der Waals surface area contributed by atoms with Crippen LogP contribution in [0.25, 0.3) is 0 Å². The van der Waals surface area contributed by atoms with E-state index in [2.05, 4.69) is 49.2 Å². The molecule has 0 bridgehead atoms. The summed E-state index contributed by atoms with van der Waals surface area (Å²) in [6.45, 7) is 8.36. The summed E-state index contributed by atoms with van der Waals surface area (Å²) in [7, 11) is 1.89. The molecule has 0 fully saturated rings. The van der Waals surface area contributed by atoms with E-state index >= 15 is 0 Å². The first-order valence-electron chi connectivity index (χ1n) is 9.23. The molecule has 0 spiro atoms. The van der Waals surface area contributed by atoms with Gasteiger partial charge in [0.1, 0.15) is 11.1 Å². The van der Waals surface area contributed by atoms with Crippen LogP contribution in [-0.2, 0) is 19.5 Å². The molecule has 2 heterocycles. The molecule has 1 aliphatic heterocycles. The third-order valence-corrected chi connectivity index (χ3v) is 7.16. The van der Waals surface area contributed by atoms with E-state index < -0.39 is 0 Å². The van der Waals surface area contributed by atoms with Crippen LogP contribution in [0.3, 0.4) is 0 Å². The molecule has 26 heavy (non-hydrogen) atoms. The molecule has 1 aromatic heterocycles. The van der Waals surface area contributed by atoms with E-state index in [1.807, 2.05) is 13.1 Å². The van der Waals surface area contributed by atoms with Crippen molar-refractivity contribution in [2.45, 2.75) is 58.7 Å². The molecule has 0 saturated carbocycles. The lowest BCUT2D eigenvalue weighted by atomic mass is 9.95. The van der Waals surface area contributed by atoms with Gasteiger partial charge in [0.2, 0.25) is 0 Å². The molecule has 5 heteroatoms. The van der Waals surface area contributed by atoms with Crippen LogP contribution in [0.15, 0.2) is 18.2 Å². The van der Waals surface area contributed by atoms with Crippen molar-refractivity contribution in [3.05, 3.63) is 50.4 Å². The van der Waals surface area contributed by atoms with Gasteiger partial charge >= 0.3 is 0 Å². The maximum Gasteiger partial charge on any atom is 0.107 e. The minimum atomic E-state index is 0.431. The summed E-state index contributed by atoms with van der Waals surface area (Å²) in [6.07, 6.45) is 2.11. The average Bonchev–Trinajstić information content (AvgIpc) is 2.99. The van der Waals surface area contributed by atoms with Crippen molar-refractivity contribution in [1.29, 1.82) is 5.26 Å². The standard InChI is InChI=1S/C21H26ClN3S/c1-5-13(2)15-6-7-19(22)16(9-15)11-25-12-18-17(10-23)21(24-4)26-20(18)8-14(25)3/h6-7,9,13-14,24H,5,8,11-12H2,1-4H3. The summed E-state index contributed by atoms with van der Waals surface area (Å²) in [5.74, 6) is 0.539. The summed E-state index contributed by atoms with van der Waals surface area (Å²) in [5.41, 5.74) is 4.53. The first-order valence-corrected chi connectivity index (χ1v) is 10.4. The Kier molecular flexibility index (Phi) is 5.92. The van der Waals surface area contributed by atoms with Crippen molar-refractivity contribution in [2.24, 2.45) is 0 Å². The van der Waals surface area contributed by atoms with Gasteiger partial charge in [-0.25, -0.2) is 0 Å². The van der Waals surface area contributed by atoms with Crippen LogP contribution < -0.4 is 5.32 Å². The lowest BCUT2D eigenvalue weighted by Gasteiger charge is -2.34. The Morgan fingerprint density at radius 3 is 2.88 bits per heavy atom. The summed E-state index contributed by atoms with van der Waals surface area (Å²) < 4.78 is 0. The molecule has 0 saturated heterocycles. The van der Waals surface area contributed by atoms with Crippen molar-refractivity contribution in [1.82, 2.24) is 4.90 Å². The minimum absolute atomic E-state index is 0.431. The molecule has 0 aliphatic carbocycles. The van der Waals surface area contributed by atoms with Crippen molar-refractivity contribution in [3.63, 3.8) is 0 Å².